The van der Waals surface area contributed by atoms with Crippen molar-refractivity contribution < 1.29 is 14.3 Å². The van der Waals surface area contributed by atoms with E-state index in [4.69, 9.17) is 9.47 Å². The van der Waals surface area contributed by atoms with Gasteiger partial charge in [-0.3, -0.25) is 4.79 Å². The Labute approximate surface area is 83.8 Å². The van der Waals surface area contributed by atoms with E-state index >= 15 is 0 Å². The summed E-state index contributed by atoms with van der Waals surface area (Å²) in [5.41, 5.74) is 0.615. The van der Waals surface area contributed by atoms with E-state index in [9.17, 15) is 4.79 Å². The summed E-state index contributed by atoms with van der Waals surface area (Å²) >= 11 is 3.31. The summed E-state index contributed by atoms with van der Waals surface area (Å²) in [6.45, 7) is 1.73. The van der Waals surface area contributed by atoms with E-state index in [0.717, 1.165) is 0 Å². The van der Waals surface area contributed by atoms with Crippen molar-refractivity contribution in [1.82, 2.24) is 0 Å². The van der Waals surface area contributed by atoms with Crippen molar-refractivity contribution in [1.29, 1.82) is 0 Å². The smallest absolute Gasteiger partial charge is 0.231 e. The largest absolute Gasteiger partial charge is 0.454 e. The highest BCUT2D eigenvalue weighted by Gasteiger charge is 2.20. The molecule has 0 N–H and O–H groups in total. The molecule has 0 amide bonds. The number of carbonyl (C=O) groups is 1. The fraction of sp³-hybridized carbons (Fsp3) is 0.222. The van der Waals surface area contributed by atoms with Crippen molar-refractivity contribution >= 4 is 21.7 Å². The Morgan fingerprint density at radius 3 is 2.92 bits per heavy atom. The summed E-state index contributed by atoms with van der Waals surface area (Å²) in [7, 11) is 0. The van der Waals surface area contributed by atoms with Gasteiger partial charge < -0.3 is 9.47 Å². The first-order valence-electron chi connectivity index (χ1n) is 3.79. The number of hydrogen-bond acceptors (Lipinski definition) is 3. The van der Waals surface area contributed by atoms with Gasteiger partial charge in [-0.1, -0.05) is 0 Å². The van der Waals surface area contributed by atoms with Gasteiger partial charge in [-0.2, -0.15) is 0 Å². The van der Waals surface area contributed by atoms with Crippen LogP contribution >= 0.6 is 15.9 Å². The molecule has 0 aromatic heterocycles. The SMILES string of the molecule is CC(=O)c1ccc2c(c1Br)OCO2. The molecule has 0 bridgehead atoms. The third-order valence-corrected chi connectivity index (χ3v) is 2.65. The molecular formula is C9H7BrO3. The van der Waals surface area contributed by atoms with Crippen LogP contribution in [0.15, 0.2) is 16.6 Å². The van der Waals surface area contributed by atoms with Gasteiger partial charge in [-0.05, 0) is 35.0 Å². The molecule has 2 rings (SSSR count). The van der Waals surface area contributed by atoms with E-state index in [1.807, 2.05) is 0 Å². The van der Waals surface area contributed by atoms with Crippen LogP contribution in [0.1, 0.15) is 17.3 Å². The molecule has 1 aliphatic rings. The average molecular weight is 243 g/mol. The van der Waals surface area contributed by atoms with Crippen LogP contribution in [-0.4, -0.2) is 12.6 Å². The molecule has 1 aromatic carbocycles. The highest BCUT2D eigenvalue weighted by Crippen LogP contribution is 2.40. The minimum atomic E-state index is 0.00479. The summed E-state index contributed by atoms with van der Waals surface area (Å²) < 4.78 is 11.0. The van der Waals surface area contributed by atoms with E-state index < -0.39 is 0 Å². The highest BCUT2D eigenvalue weighted by molar-refractivity contribution is 9.10. The quantitative estimate of drug-likeness (QED) is 0.710. The molecule has 3 nitrogen and oxygen atoms in total. The molecule has 0 unspecified atom stereocenters. The summed E-state index contributed by atoms with van der Waals surface area (Å²) in [6.07, 6.45) is 0. The Bertz CT molecular complexity index is 373. The number of hydrogen-bond donors (Lipinski definition) is 0. The average Bonchev–Trinajstić information content (AvgIpc) is 2.52. The standard InChI is InChI=1S/C9H7BrO3/c1-5(11)6-2-3-7-9(8(6)10)13-4-12-7/h2-3H,4H2,1H3. The number of carbonyl (C=O) groups excluding carboxylic acids is 1. The van der Waals surface area contributed by atoms with Crippen molar-refractivity contribution in [3.63, 3.8) is 0 Å². The summed E-state index contributed by atoms with van der Waals surface area (Å²) in [5, 5.41) is 0. The van der Waals surface area contributed by atoms with Crippen molar-refractivity contribution in [2.45, 2.75) is 6.92 Å². The second-order valence-corrected chi connectivity index (χ2v) is 3.51. The molecule has 0 fully saturated rings. The molecule has 1 heterocycles. The van der Waals surface area contributed by atoms with Gasteiger partial charge in [0.25, 0.3) is 0 Å². The number of rotatable bonds is 1. The van der Waals surface area contributed by atoms with Crippen LogP contribution in [0.2, 0.25) is 0 Å². The molecule has 4 heteroatoms. The predicted octanol–water partition coefficient (Wildman–Crippen LogP) is 2.38. The Kier molecular flexibility index (Phi) is 2.00. The highest BCUT2D eigenvalue weighted by atomic mass is 79.9. The second kappa shape index (κ2) is 3.03. The molecule has 0 aliphatic carbocycles. The molecule has 13 heavy (non-hydrogen) atoms. The van der Waals surface area contributed by atoms with Gasteiger partial charge >= 0.3 is 0 Å². The zero-order chi connectivity index (χ0) is 9.42. The summed E-state index contributed by atoms with van der Waals surface area (Å²) in [4.78, 5) is 11.1. The molecule has 1 aliphatic heterocycles. The lowest BCUT2D eigenvalue weighted by molar-refractivity contribution is 0.101. The van der Waals surface area contributed by atoms with E-state index in [1.54, 1.807) is 12.1 Å². The monoisotopic (exact) mass is 242 g/mol. The first-order valence-corrected chi connectivity index (χ1v) is 4.58. The van der Waals surface area contributed by atoms with E-state index in [0.29, 0.717) is 21.5 Å². The number of halogens is 1. The maximum atomic E-state index is 11.1. The van der Waals surface area contributed by atoms with Gasteiger partial charge in [0.1, 0.15) is 0 Å². The molecular weight excluding hydrogens is 236 g/mol. The first kappa shape index (κ1) is 8.56. The molecule has 1 aromatic rings. The molecule has 0 atom stereocenters. The summed E-state index contributed by atoms with van der Waals surface area (Å²) in [5.74, 6) is 1.30. The first-order chi connectivity index (χ1) is 6.20. The minimum Gasteiger partial charge on any atom is -0.454 e. The van der Waals surface area contributed by atoms with Gasteiger partial charge in [0.2, 0.25) is 6.79 Å². The van der Waals surface area contributed by atoms with Gasteiger partial charge in [0.05, 0.1) is 4.47 Å². The van der Waals surface area contributed by atoms with Crippen LogP contribution in [-0.2, 0) is 0 Å². The van der Waals surface area contributed by atoms with Crippen LogP contribution < -0.4 is 9.47 Å². The van der Waals surface area contributed by atoms with Gasteiger partial charge in [-0.15, -0.1) is 0 Å². The fourth-order valence-corrected chi connectivity index (χ4v) is 1.93. The zero-order valence-corrected chi connectivity index (χ0v) is 8.55. The number of ether oxygens (including phenoxy) is 2. The molecule has 0 radical (unpaired) electrons. The molecule has 68 valence electrons. The van der Waals surface area contributed by atoms with E-state index in [2.05, 4.69) is 15.9 Å². The third kappa shape index (κ3) is 1.31. The predicted molar refractivity (Wildman–Crippen MR) is 50.3 cm³/mol. The zero-order valence-electron chi connectivity index (χ0n) is 6.96. The van der Waals surface area contributed by atoms with Crippen LogP contribution in [0.4, 0.5) is 0 Å². The molecule has 0 saturated heterocycles. The lowest BCUT2D eigenvalue weighted by Crippen LogP contribution is -1.95. The van der Waals surface area contributed by atoms with Crippen molar-refractivity contribution in [2.24, 2.45) is 0 Å². The Hall–Kier alpha value is -1.03. The van der Waals surface area contributed by atoms with Gasteiger partial charge in [-0.25, -0.2) is 0 Å². The maximum Gasteiger partial charge on any atom is 0.231 e. The minimum absolute atomic E-state index is 0.00479. The molecule has 0 saturated carbocycles. The van der Waals surface area contributed by atoms with Crippen LogP contribution in [0.5, 0.6) is 11.5 Å². The molecule has 0 spiro atoms. The van der Waals surface area contributed by atoms with Gasteiger partial charge in [0.15, 0.2) is 17.3 Å². The number of fused-ring (bicyclic) bond motifs is 1. The third-order valence-electron chi connectivity index (χ3n) is 1.86. The van der Waals surface area contributed by atoms with E-state index in [1.165, 1.54) is 6.92 Å². The summed E-state index contributed by atoms with van der Waals surface area (Å²) in [6, 6.07) is 3.46. The van der Waals surface area contributed by atoms with E-state index in [-0.39, 0.29) is 12.6 Å². The number of ketones is 1. The normalized spacial score (nSPS) is 13.1. The Morgan fingerprint density at radius 2 is 2.23 bits per heavy atom. The van der Waals surface area contributed by atoms with Crippen molar-refractivity contribution in [2.75, 3.05) is 6.79 Å². The van der Waals surface area contributed by atoms with Crippen LogP contribution in [0.3, 0.4) is 0 Å². The maximum absolute atomic E-state index is 11.1. The van der Waals surface area contributed by atoms with Gasteiger partial charge in [0, 0.05) is 5.56 Å². The topological polar surface area (TPSA) is 35.5 Å². The number of Topliss-reactive ketones (excluding diaryl/α,β-unsaturated/α-hetero) is 1. The van der Waals surface area contributed by atoms with Crippen LogP contribution in [0.25, 0.3) is 0 Å². The van der Waals surface area contributed by atoms with Crippen LogP contribution in [0, 0.1) is 0 Å². The van der Waals surface area contributed by atoms with Crippen molar-refractivity contribution in [3.8, 4) is 11.5 Å². The lowest BCUT2D eigenvalue weighted by atomic mass is 10.1. The fourth-order valence-electron chi connectivity index (χ4n) is 1.21. The second-order valence-electron chi connectivity index (χ2n) is 2.72. The Morgan fingerprint density at radius 1 is 1.46 bits per heavy atom. The number of benzene rings is 1. The lowest BCUT2D eigenvalue weighted by Gasteiger charge is -2.02. The Balaban J connectivity index is 2.59. The van der Waals surface area contributed by atoms with Crippen molar-refractivity contribution in [3.05, 3.63) is 22.2 Å².